The second-order valence-corrected chi connectivity index (χ2v) is 4.73. The molecular weight excluding hydrogens is 172 g/mol. The summed E-state index contributed by atoms with van der Waals surface area (Å²) in [6.07, 6.45) is 6.89. The molecule has 1 nitrogen and oxygen atoms in total. The van der Waals surface area contributed by atoms with Crippen LogP contribution in [0.15, 0.2) is 24.3 Å². The van der Waals surface area contributed by atoms with Gasteiger partial charge in [-0.25, -0.2) is 0 Å². The number of aliphatic hydroxyl groups excluding tert-OH is 1. The monoisotopic (exact) mass is 196 g/mol. The molecule has 0 aromatic rings. The van der Waals surface area contributed by atoms with Crippen LogP contribution in [-0.2, 0) is 0 Å². The van der Waals surface area contributed by atoms with Crippen molar-refractivity contribution in [2.45, 2.75) is 53.1 Å². The van der Waals surface area contributed by atoms with E-state index in [2.05, 4.69) is 33.4 Å². The van der Waals surface area contributed by atoms with Crippen LogP contribution in [0.1, 0.15) is 47.0 Å². The molecule has 1 heteroatoms. The second kappa shape index (κ2) is 6.02. The maximum atomic E-state index is 9.36. The van der Waals surface area contributed by atoms with E-state index in [0.29, 0.717) is 0 Å². The van der Waals surface area contributed by atoms with Crippen LogP contribution in [0.25, 0.3) is 0 Å². The first-order chi connectivity index (χ1) is 6.39. The highest BCUT2D eigenvalue weighted by Gasteiger charge is 2.21. The lowest BCUT2D eigenvalue weighted by molar-refractivity contribution is 0.138. The van der Waals surface area contributed by atoms with Gasteiger partial charge in [0.2, 0.25) is 0 Å². The van der Waals surface area contributed by atoms with E-state index in [1.54, 1.807) is 0 Å². The van der Waals surface area contributed by atoms with E-state index in [-0.39, 0.29) is 11.5 Å². The highest BCUT2D eigenvalue weighted by molar-refractivity contribution is 4.98. The summed E-state index contributed by atoms with van der Waals surface area (Å²) in [4.78, 5) is 0. The van der Waals surface area contributed by atoms with Gasteiger partial charge in [0.05, 0.1) is 6.10 Å². The van der Waals surface area contributed by atoms with Gasteiger partial charge in [-0.15, -0.1) is 6.58 Å². The number of hydrogen-bond donors (Lipinski definition) is 1. The molecule has 0 amide bonds. The zero-order chi connectivity index (χ0) is 11.2. The fourth-order valence-corrected chi connectivity index (χ4v) is 1.65. The molecule has 0 radical (unpaired) electrons. The third-order valence-electron chi connectivity index (χ3n) is 2.52. The van der Waals surface area contributed by atoms with Gasteiger partial charge in [0, 0.05) is 0 Å². The van der Waals surface area contributed by atoms with Crippen LogP contribution < -0.4 is 0 Å². The first kappa shape index (κ1) is 13.4. The van der Waals surface area contributed by atoms with E-state index in [4.69, 9.17) is 0 Å². The number of aliphatic hydroxyl groups is 1. The number of hydrogen-bond acceptors (Lipinski definition) is 1. The predicted molar refractivity (Wildman–Crippen MR) is 63.3 cm³/mol. The fourth-order valence-electron chi connectivity index (χ4n) is 1.65. The molecule has 14 heavy (non-hydrogen) atoms. The van der Waals surface area contributed by atoms with E-state index >= 15 is 0 Å². The van der Waals surface area contributed by atoms with Gasteiger partial charge in [-0.1, -0.05) is 24.6 Å². The Hall–Kier alpha value is -0.560. The zero-order valence-electron chi connectivity index (χ0n) is 10.0. The van der Waals surface area contributed by atoms with Crippen molar-refractivity contribution < 1.29 is 5.11 Å². The highest BCUT2D eigenvalue weighted by atomic mass is 16.3. The Balaban J connectivity index is 4.12. The van der Waals surface area contributed by atoms with Crippen LogP contribution in [0.2, 0.25) is 0 Å². The molecule has 82 valence electrons. The molecule has 0 saturated carbocycles. The molecule has 0 aliphatic rings. The van der Waals surface area contributed by atoms with E-state index < -0.39 is 0 Å². The third-order valence-corrected chi connectivity index (χ3v) is 2.52. The Morgan fingerprint density at radius 3 is 2.43 bits per heavy atom. The largest absolute Gasteiger partial charge is 0.393 e. The van der Waals surface area contributed by atoms with Gasteiger partial charge in [-0.3, -0.25) is 0 Å². The van der Waals surface area contributed by atoms with E-state index in [0.717, 1.165) is 19.3 Å². The van der Waals surface area contributed by atoms with Crippen molar-refractivity contribution in [3.63, 3.8) is 0 Å². The summed E-state index contributed by atoms with van der Waals surface area (Å²) in [5.74, 6) is 0. The van der Waals surface area contributed by atoms with Crippen LogP contribution >= 0.6 is 0 Å². The molecule has 0 fully saturated rings. The Labute approximate surface area is 88.5 Å². The summed E-state index contributed by atoms with van der Waals surface area (Å²) in [6.45, 7) is 12.1. The van der Waals surface area contributed by atoms with Crippen molar-refractivity contribution in [2.75, 3.05) is 0 Å². The third kappa shape index (κ3) is 5.98. The summed E-state index contributed by atoms with van der Waals surface area (Å²) in [5, 5.41) is 9.36. The van der Waals surface area contributed by atoms with Crippen molar-refractivity contribution in [3.8, 4) is 0 Å². The Bertz CT molecular complexity index is 199. The van der Waals surface area contributed by atoms with Gasteiger partial charge in [-0.2, -0.15) is 0 Å². The maximum Gasteiger partial charge on any atom is 0.0520 e. The second-order valence-electron chi connectivity index (χ2n) is 4.73. The van der Waals surface area contributed by atoms with Crippen molar-refractivity contribution in [1.29, 1.82) is 0 Å². The lowest BCUT2D eigenvalue weighted by Crippen LogP contribution is -2.19. The molecule has 0 rings (SSSR count). The average molecular weight is 196 g/mol. The van der Waals surface area contributed by atoms with E-state index in [9.17, 15) is 5.11 Å². The fraction of sp³-hybridized carbons (Fsp3) is 0.692. The topological polar surface area (TPSA) is 20.2 Å². The number of rotatable bonds is 6. The van der Waals surface area contributed by atoms with Gasteiger partial charge >= 0.3 is 0 Å². The van der Waals surface area contributed by atoms with Crippen LogP contribution in [0.4, 0.5) is 0 Å². The summed E-state index contributed by atoms with van der Waals surface area (Å²) < 4.78 is 0. The lowest BCUT2D eigenvalue weighted by atomic mass is 9.80. The predicted octanol–water partition coefficient (Wildman–Crippen LogP) is 3.70. The van der Waals surface area contributed by atoms with E-state index in [1.165, 1.54) is 5.57 Å². The SMILES string of the molecule is C=CC(C)(CCC=C(C)C)CC(C)O. The maximum absolute atomic E-state index is 9.36. The zero-order valence-corrected chi connectivity index (χ0v) is 10.0. The van der Waals surface area contributed by atoms with Crippen LogP contribution in [0, 0.1) is 5.41 Å². The van der Waals surface area contributed by atoms with Crippen molar-refractivity contribution >= 4 is 0 Å². The lowest BCUT2D eigenvalue weighted by Gasteiger charge is -2.26. The Morgan fingerprint density at radius 2 is 2.07 bits per heavy atom. The smallest absolute Gasteiger partial charge is 0.0520 e. The van der Waals surface area contributed by atoms with Gasteiger partial charge < -0.3 is 5.11 Å². The molecule has 0 saturated heterocycles. The summed E-state index contributed by atoms with van der Waals surface area (Å²) in [7, 11) is 0. The molecule has 0 heterocycles. The van der Waals surface area contributed by atoms with Crippen molar-refractivity contribution in [3.05, 3.63) is 24.3 Å². The van der Waals surface area contributed by atoms with Gasteiger partial charge in [0.15, 0.2) is 0 Å². The van der Waals surface area contributed by atoms with Crippen LogP contribution in [0.5, 0.6) is 0 Å². The number of allylic oxidation sites excluding steroid dienone is 3. The minimum atomic E-state index is -0.246. The Morgan fingerprint density at radius 1 is 1.50 bits per heavy atom. The van der Waals surface area contributed by atoms with Crippen LogP contribution in [0.3, 0.4) is 0 Å². The molecule has 2 atom stereocenters. The summed E-state index contributed by atoms with van der Waals surface area (Å²) in [6, 6.07) is 0. The quantitative estimate of drug-likeness (QED) is 0.642. The molecule has 0 spiro atoms. The molecule has 2 unspecified atom stereocenters. The first-order valence-corrected chi connectivity index (χ1v) is 5.34. The van der Waals surface area contributed by atoms with Gasteiger partial charge in [-0.05, 0) is 45.4 Å². The highest BCUT2D eigenvalue weighted by Crippen LogP contribution is 2.30. The summed E-state index contributed by atoms with van der Waals surface area (Å²) in [5.41, 5.74) is 1.42. The molecule has 0 aliphatic carbocycles. The first-order valence-electron chi connectivity index (χ1n) is 5.34. The normalized spacial score (nSPS) is 16.9. The average Bonchev–Trinajstić information content (AvgIpc) is 2.02. The minimum absolute atomic E-state index is 0.0696. The molecule has 0 bridgehead atoms. The molecular formula is C13H24O. The van der Waals surface area contributed by atoms with Crippen LogP contribution in [-0.4, -0.2) is 11.2 Å². The van der Waals surface area contributed by atoms with Crippen molar-refractivity contribution in [2.24, 2.45) is 5.41 Å². The standard InChI is InChI=1S/C13H24O/c1-6-13(5,10-12(4)14)9-7-8-11(2)3/h6,8,12,14H,1,7,9-10H2,2-5H3. The van der Waals surface area contributed by atoms with Gasteiger partial charge in [0.25, 0.3) is 0 Å². The molecule has 0 aromatic heterocycles. The molecule has 1 N–H and O–H groups in total. The van der Waals surface area contributed by atoms with Gasteiger partial charge in [0.1, 0.15) is 0 Å². The van der Waals surface area contributed by atoms with E-state index in [1.807, 2.05) is 13.0 Å². The van der Waals surface area contributed by atoms with Crippen molar-refractivity contribution in [1.82, 2.24) is 0 Å². The Kier molecular flexibility index (Phi) is 5.78. The molecule has 0 aromatic carbocycles. The molecule has 0 aliphatic heterocycles. The summed E-state index contributed by atoms with van der Waals surface area (Å²) >= 11 is 0. The minimum Gasteiger partial charge on any atom is -0.393 e.